The fourth-order valence-electron chi connectivity index (χ4n) is 0.893. The molecule has 0 aliphatic carbocycles. The third-order valence-corrected chi connectivity index (χ3v) is 2.57. The van der Waals surface area contributed by atoms with E-state index in [2.05, 4.69) is 35.1 Å². The number of benzene rings is 1. The summed E-state index contributed by atoms with van der Waals surface area (Å²) in [6.45, 7) is 4.86. The highest BCUT2D eigenvalue weighted by Crippen LogP contribution is 2.18. The predicted octanol–water partition coefficient (Wildman–Crippen LogP) is 2.83. The van der Waals surface area contributed by atoms with Crippen LogP contribution in [0.2, 0.25) is 0 Å². The van der Waals surface area contributed by atoms with Crippen LogP contribution in [0.25, 0.3) is 0 Å². The van der Waals surface area contributed by atoms with Gasteiger partial charge in [-0.05, 0) is 39.1 Å². The smallest absolute Gasteiger partial charge is 0.120 e. The molecule has 0 amide bonds. The van der Waals surface area contributed by atoms with Crippen molar-refractivity contribution in [2.45, 2.75) is 19.4 Å². The maximum absolute atomic E-state index is 5.65. The van der Waals surface area contributed by atoms with Crippen molar-refractivity contribution in [1.29, 1.82) is 0 Å². The van der Waals surface area contributed by atoms with Crippen molar-refractivity contribution in [2.24, 2.45) is 0 Å². The van der Waals surface area contributed by atoms with Crippen LogP contribution in [0.5, 0.6) is 5.75 Å². The Kier molecular flexibility index (Phi) is 3.96. The molecule has 2 nitrogen and oxygen atoms in total. The van der Waals surface area contributed by atoms with Crippen LogP contribution in [-0.4, -0.2) is 19.2 Å². The molecule has 1 rings (SSSR count). The summed E-state index contributed by atoms with van der Waals surface area (Å²) in [4.78, 5) is 0. The van der Waals surface area contributed by atoms with Gasteiger partial charge in [-0.15, -0.1) is 0 Å². The Hall–Kier alpha value is -0.540. The Bertz CT molecular complexity index is 299. The molecule has 0 aliphatic heterocycles. The normalized spacial score (nSPS) is 11.4. The zero-order valence-electron chi connectivity index (χ0n) is 8.80. The third-order valence-electron chi connectivity index (χ3n) is 2.07. The first-order chi connectivity index (χ1) is 6.53. The van der Waals surface area contributed by atoms with Crippen LogP contribution >= 0.6 is 15.9 Å². The van der Waals surface area contributed by atoms with Gasteiger partial charge >= 0.3 is 0 Å². The summed E-state index contributed by atoms with van der Waals surface area (Å²) in [5, 5.41) is 3.19. The van der Waals surface area contributed by atoms with E-state index in [0.717, 1.165) is 10.2 Å². The second-order valence-corrected chi connectivity index (χ2v) is 4.80. The number of hydrogen-bond acceptors (Lipinski definition) is 2. The van der Waals surface area contributed by atoms with Gasteiger partial charge in [0.25, 0.3) is 0 Å². The van der Waals surface area contributed by atoms with Gasteiger partial charge in [-0.2, -0.15) is 0 Å². The summed E-state index contributed by atoms with van der Waals surface area (Å²) in [5.41, 5.74) is 0.00230. The van der Waals surface area contributed by atoms with E-state index in [9.17, 15) is 0 Å². The van der Waals surface area contributed by atoms with Gasteiger partial charge in [-0.3, -0.25) is 0 Å². The largest absolute Gasteiger partial charge is 0.492 e. The van der Waals surface area contributed by atoms with Gasteiger partial charge in [0.15, 0.2) is 0 Å². The van der Waals surface area contributed by atoms with Crippen LogP contribution < -0.4 is 10.1 Å². The van der Waals surface area contributed by atoms with Gasteiger partial charge in [0.2, 0.25) is 0 Å². The molecule has 3 heteroatoms. The molecule has 0 bridgehead atoms. The van der Waals surface area contributed by atoms with Crippen molar-refractivity contribution in [3.8, 4) is 5.75 Å². The maximum Gasteiger partial charge on any atom is 0.120 e. The molecule has 0 fully saturated rings. The molecule has 0 unspecified atom stereocenters. The second kappa shape index (κ2) is 4.80. The van der Waals surface area contributed by atoms with Crippen LogP contribution in [0.15, 0.2) is 28.7 Å². The quantitative estimate of drug-likeness (QED) is 0.896. The lowest BCUT2D eigenvalue weighted by molar-refractivity contribution is 0.217. The van der Waals surface area contributed by atoms with Crippen LogP contribution in [0, 0.1) is 0 Å². The number of halogens is 1. The van der Waals surface area contributed by atoms with Crippen LogP contribution in [0.1, 0.15) is 13.8 Å². The van der Waals surface area contributed by atoms with E-state index in [1.807, 2.05) is 31.3 Å². The molecule has 14 heavy (non-hydrogen) atoms. The highest BCUT2D eigenvalue weighted by atomic mass is 79.9. The molecule has 0 radical (unpaired) electrons. The van der Waals surface area contributed by atoms with Gasteiger partial charge in [-0.25, -0.2) is 0 Å². The standard InChI is InChI=1S/C11H16BrNO/c1-11(2,13-3)8-14-10-6-4-5-9(12)7-10/h4-7,13H,8H2,1-3H3. The molecule has 1 aromatic rings. The van der Waals surface area contributed by atoms with Crippen molar-refractivity contribution in [3.05, 3.63) is 28.7 Å². The molecule has 0 aliphatic rings. The maximum atomic E-state index is 5.65. The van der Waals surface area contributed by atoms with Crippen LogP contribution in [-0.2, 0) is 0 Å². The van der Waals surface area contributed by atoms with Crippen molar-refractivity contribution in [1.82, 2.24) is 5.32 Å². The summed E-state index contributed by atoms with van der Waals surface area (Å²) in [6.07, 6.45) is 0. The third kappa shape index (κ3) is 3.68. The molecule has 0 atom stereocenters. The topological polar surface area (TPSA) is 21.3 Å². The first-order valence-corrected chi connectivity index (χ1v) is 5.40. The number of rotatable bonds is 4. The molecule has 1 N–H and O–H groups in total. The lowest BCUT2D eigenvalue weighted by Crippen LogP contribution is -2.42. The molecule has 0 saturated carbocycles. The molecular formula is C11H16BrNO. The Morgan fingerprint density at radius 1 is 1.43 bits per heavy atom. The highest BCUT2D eigenvalue weighted by Gasteiger charge is 2.15. The predicted molar refractivity (Wildman–Crippen MR) is 62.8 cm³/mol. The average Bonchev–Trinajstić information content (AvgIpc) is 2.15. The minimum absolute atomic E-state index is 0.00230. The van der Waals surface area contributed by atoms with E-state index in [1.165, 1.54) is 0 Å². The second-order valence-electron chi connectivity index (χ2n) is 3.88. The first-order valence-electron chi connectivity index (χ1n) is 4.61. The van der Waals surface area contributed by atoms with Crippen molar-refractivity contribution in [2.75, 3.05) is 13.7 Å². The van der Waals surface area contributed by atoms with Crippen molar-refractivity contribution in [3.63, 3.8) is 0 Å². The van der Waals surface area contributed by atoms with Gasteiger partial charge in [0, 0.05) is 10.0 Å². The van der Waals surface area contributed by atoms with Crippen LogP contribution in [0.3, 0.4) is 0 Å². The van der Waals surface area contributed by atoms with E-state index < -0.39 is 0 Å². The molecule has 1 aromatic carbocycles. The average molecular weight is 258 g/mol. The monoisotopic (exact) mass is 257 g/mol. The highest BCUT2D eigenvalue weighted by molar-refractivity contribution is 9.10. The molecular weight excluding hydrogens is 242 g/mol. The van der Waals surface area contributed by atoms with Gasteiger partial charge in [0.1, 0.15) is 12.4 Å². The zero-order chi connectivity index (χ0) is 10.6. The fourth-order valence-corrected chi connectivity index (χ4v) is 1.27. The summed E-state index contributed by atoms with van der Waals surface area (Å²) in [6, 6.07) is 7.87. The number of likely N-dealkylation sites (N-methyl/N-ethyl adjacent to an activating group) is 1. The van der Waals surface area contributed by atoms with Gasteiger partial charge in [-0.1, -0.05) is 22.0 Å². The van der Waals surface area contributed by atoms with E-state index >= 15 is 0 Å². The summed E-state index contributed by atoms with van der Waals surface area (Å²) in [5.74, 6) is 0.891. The van der Waals surface area contributed by atoms with E-state index in [-0.39, 0.29) is 5.54 Å². The Morgan fingerprint density at radius 2 is 2.14 bits per heavy atom. The Labute approximate surface area is 93.8 Å². The number of ether oxygens (including phenoxy) is 1. The summed E-state index contributed by atoms with van der Waals surface area (Å²) < 4.78 is 6.69. The van der Waals surface area contributed by atoms with Crippen molar-refractivity contribution >= 4 is 15.9 Å². The fraction of sp³-hybridized carbons (Fsp3) is 0.455. The lowest BCUT2D eigenvalue weighted by atomic mass is 10.1. The molecule has 0 saturated heterocycles. The molecule has 78 valence electrons. The van der Waals surface area contributed by atoms with E-state index in [1.54, 1.807) is 0 Å². The molecule has 0 heterocycles. The first kappa shape index (κ1) is 11.5. The van der Waals surface area contributed by atoms with E-state index in [0.29, 0.717) is 6.61 Å². The van der Waals surface area contributed by atoms with Gasteiger partial charge in [0.05, 0.1) is 0 Å². The summed E-state index contributed by atoms with van der Waals surface area (Å²) in [7, 11) is 1.93. The zero-order valence-corrected chi connectivity index (χ0v) is 10.4. The SMILES string of the molecule is CNC(C)(C)COc1cccc(Br)c1. The summed E-state index contributed by atoms with van der Waals surface area (Å²) >= 11 is 3.40. The van der Waals surface area contributed by atoms with Crippen molar-refractivity contribution < 1.29 is 4.74 Å². The minimum Gasteiger partial charge on any atom is -0.492 e. The molecule has 0 aromatic heterocycles. The molecule has 0 spiro atoms. The Balaban J connectivity index is 2.54. The van der Waals surface area contributed by atoms with E-state index in [4.69, 9.17) is 4.74 Å². The minimum atomic E-state index is 0.00230. The van der Waals surface area contributed by atoms with Gasteiger partial charge < -0.3 is 10.1 Å². The number of hydrogen-bond donors (Lipinski definition) is 1. The lowest BCUT2D eigenvalue weighted by Gasteiger charge is -2.23. The Morgan fingerprint density at radius 3 is 2.71 bits per heavy atom. The van der Waals surface area contributed by atoms with Crippen LogP contribution in [0.4, 0.5) is 0 Å². The number of nitrogens with one attached hydrogen (secondary N) is 1.